The summed E-state index contributed by atoms with van der Waals surface area (Å²) in [6.07, 6.45) is 0.903. The van der Waals surface area contributed by atoms with Gasteiger partial charge in [0.1, 0.15) is 0 Å². The number of carbonyl (C=O) groups is 1. The maximum atomic E-state index is 13.2. The molecule has 2 fully saturated rings. The Hall–Kier alpha value is -2.05. The molecule has 2 amide bonds. The minimum atomic E-state index is -3.22. The Labute approximate surface area is 158 Å². The molecule has 2 aliphatic rings. The zero-order valence-corrected chi connectivity index (χ0v) is 15.9. The fourth-order valence-corrected chi connectivity index (χ4v) is 5.97. The Balaban J connectivity index is 1.80. The van der Waals surface area contributed by atoms with Crippen molar-refractivity contribution in [2.24, 2.45) is 0 Å². The Morgan fingerprint density at radius 1 is 1.00 bits per heavy atom. The highest BCUT2D eigenvalue weighted by Crippen LogP contribution is 2.40. The topological polar surface area (TPSA) is 57.7 Å². The average Bonchev–Trinajstić information content (AvgIpc) is 3.05. The molecule has 0 saturated carbocycles. The summed E-state index contributed by atoms with van der Waals surface area (Å²) in [5, 5.41) is 0.437. The molecule has 136 valence electrons. The summed E-state index contributed by atoms with van der Waals surface area (Å²) in [4.78, 5) is 16.4. The number of benzene rings is 2. The van der Waals surface area contributed by atoms with Gasteiger partial charge in [-0.05, 0) is 36.2 Å². The Morgan fingerprint density at radius 2 is 1.62 bits per heavy atom. The largest absolute Gasteiger partial charge is 0.329 e. The summed E-state index contributed by atoms with van der Waals surface area (Å²) in [6, 6.07) is 13.7. The van der Waals surface area contributed by atoms with Crippen molar-refractivity contribution in [3.05, 3.63) is 59.1 Å². The van der Waals surface area contributed by atoms with E-state index in [1.54, 1.807) is 34.1 Å². The van der Waals surface area contributed by atoms with Gasteiger partial charge in [0.15, 0.2) is 9.84 Å². The van der Waals surface area contributed by atoms with Gasteiger partial charge in [0.2, 0.25) is 0 Å². The van der Waals surface area contributed by atoms with Crippen molar-refractivity contribution in [1.29, 1.82) is 0 Å². The minimum Gasteiger partial charge on any atom is -0.288 e. The van der Waals surface area contributed by atoms with Crippen LogP contribution in [0.5, 0.6) is 0 Å². The summed E-state index contributed by atoms with van der Waals surface area (Å²) >= 11 is 6.30. The van der Waals surface area contributed by atoms with Crippen LogP contribution >= 0.6 is 11.6 Å². The first-order valence-corrected chi connectivity index (χ1v) is 10.8. The van der Waals surface area contributed by atoms with E-state index in [9.17, 15) is 13.2 Å². The lowest BCUT2D eigenvalue weighted by Crippen LogP contribution is -2.38. The van der Waals surface area contributed by atoms with E-state index >= 15 is 0 Å². The second kappa shape index (κ2) is 6.28. The van der Waals surface area contributed by atoms with Gasteiger partial charge >= 0.3 is 6.03 Å². The predicted octanol–water partition coefficient (Wildman–Crippen LogP) is 3.51. The highest BCUT2D eigenvalue weighted by atomic mass is 35.5. The number of urea groups is 1. The van der Waals surface area contributed by atoms with E-state index in [1.807, 2.05) is 24.3 Å². The van der Waals surface area contributed by atoms with Crippen molar-refractivity contribution in [3.63, 3.8) is 0 Å². The number of nitrogens with zero attached hydrogens (tertiary/aromatic N) is 2. The molecule has 2 atom stereocenters. The van der Waals surface area contributed by atoms with Gasteiger partial charge in [-0.2, -0.15) is 0 Å². The SMILES string of the molecule is CCc1ccc(N2C(=O)N(c3ccccc3Cl)[C@H]3CS(=O)(=O)C[C@@H]32)cc1. The zero-order chi connectivity index (χ0) is 18.5. The molecule has 0 radical (unpaired) electrons. The van der Waals surface area contributed by atoms with Crippen LogP contribution in [0.3, 0.4) is 0 Å². The lowest BCUT2D eigenvalue weighted by atomic mass is 10.1. The van der Waals surface area contributed by atoms with E-state index in [1.165, 1.54) is 5.56 Å². The Kier molecular flexibility index (Phi) is 4.20. The molecule has 7 heteroatoms. The molecule has 0 N–H and O–H groups in total. The van der Waals surface area contributed by atoms with Crippen LogP contribution in [0.2, 0.25) is 5.02 Å². The number of carbonyl (C=O) groups excluding carboxylic acids is 1. The van der Waals surface area contributed by atoms with Crippen LogP contribution in [-0.4, -0.2) is 38.0 Å². The Morgan fingerprint density at radius 3 is 2.23 bits per heavy atom. The molecule has 0 bridgehead atoms. The van der Waals surface area contributed by atoms with Crippen LogP contribution in [-0.2, 0) is 16.3 Å². The van der Waals surface area contributed by atoms with Crippen molar-refractivity contribution in [1.82, 2.24) is 0 Å². The lowest BCUT2D eigenvalue weighted by Gasteiger charge is -2.23. The first-order valence-electron chi connectivity index (χ1n) is 8.57. The molecule has 2 heterocycles. The number of rotatable bonds is 3. The van der Waals surface area contributed by atoms with Gasteiger partial charge in [0, 0.05) is 5.69 Å². The molecule has 4 rings (SSSR count). The maximum absolute atomic E-state index is 13.2. The van der Waals surface area contributed by atoms with Crippen molar-refractivity contribution < 1.29 is 13.2 Å². The summed E-state index contributed by atoms with van der Waals surface area (Å²) in [5.41, 5.74) is 2.44. The van der Waals surface area contributed by atoms with Crippen LogP contribution in [0.4, 0.5) is 16.2 Å². The van der Waals surface area contributed by atoms with Crippen molar-refractivity contribution in [2.45, 2.75) is 25.4 Å². The summed E-state index contributed by atoms with van der Waals surface area (Å²) < 4.78 is 24.6. The number of sulfone groups is 1. The predicted molar refractivity (Wildman–Crippen MR) is 104 cm³/mol. The van der Waals surface area contributed by atoms with Crippen LogP contribution in [0.25, 0.3) is 0 Å². The summed E-state index contributed by atoms with van der Waals surface area (Å²) in [7, 11) is -3.22. The molecule has 0 aromatic heterocycles. The number of para-hydroxylation sites is 1. The molecule has 5 nitrogen and oxygen atoms in total. The number of fused-ring (bicyclic) bond motifs is 1. The van der Waals surface area contributed by atoms with E-state index in [2.05, 4.69) is 6.92 Å². The van der Waals surface area contributed by atoms with Gasteiger partial charge in [-0.25, -0.2) is 13.2 Å². The fourth-order valence-electron chi connectivity index (χ4n) is 3.83. The molecule has 0 spiro atoms. The van der Waals surface area contributed by atoms with E-state index in [0.29, 0.717) is 16.4 Å². The third-order valence-corrected chi connectivity index (χ3v) is 7.12. The van der Waals surface area contributed by atoms with Gasteiger partial charge in [-0.15, -0.1) is 0 Å². The molecule has 2 aliphatic heterocycles. The monoisotopic (exact) mass is 390 g/mol. The number of halogens is 1. The Bertz CT molecular complexity index is 959. The number of hydrogen-bond donors (Lipinski definition) is 0. The molecular formula is C19H19ClN2O3S. The lowest BCUT2D eigenvalue weighted by molar-refractivity contribution is 0.255. The van der Waals surface area contributed by atoms with E-state index < -0.39 is 21.9 Å². The maximum Gasteiger partial charge on any atom is 0.329 e. The molecule has 2 aromatic rings. The van der Waals surface area contributed by atoms with Crippen molar-refractivity contribution in [2.75, 3.05) is 21.3 Å². The normalized spacial score (nSPS) is 24.2. The highest BCUT2D eigenvalue weighted by molar-refractivity contribution is 7.91. The number of anilines is 2. The van der Waals surface area contributed by atoms with Crippen LogP contribution in [0.1, 0.15) is 12.5 Å². The molecule has 2 aromatic carbocycles. The first kappa shape index (κ1) is 17.4. The molecule has 0 unspecified atom stereocenters. The minimum absolute atomic E-state index is 0.0279. The number of hydrogen-bond acceptors (Lipinski definition) is 3. The molecule has 0 aliphatic carbocycles. The van der Waals surface area contributed by atoms with Gasteiger partial charge in [0.05, 0.1) is 34.3 Å². The average molecular weight is 391 g/mol. The van der Waals surface area contributed by atoms with Crippen molar-refractivity contribution >= 4 is 38.8 Å². The van der Waals surface area contributed by atoms with E-state index in [-0.39, 0.29) is 17.5 Å². The van der Waals surface area contributed by atoms with Crippen molar-refractivity contribution in [3.8, 4) is 0 Å². The highest BCUT2D eigenvalue weighted by Gasteiger charge is 2.54. The van der Waals surface area contributed by atoms with Crippen LogP contribution < -0.4 is 9.80 Å². The second-order valence-electron chi connectivity index (χ2n) is 6.71. The van der Waals surface area contributed by atoms with Crippen LogP contribution in [0.15, 0.2) is 48.5 Å². The standard InChI is InChI=1S/C19H19ClN2O3S/c1-2-13-7-9-14(10-8-13)21-17-11-26(24,25)12-18(17)22(19(21)23)16-6-4-3-5-15(16)20/h3-10,17-18H,2,11-12H2,1H3/t17-,18-/m0/s1. The smallest absolute Gasteiger partial charge is 0.288 e. The summed E-state index contributed by atoms with van der Waals surface area (Å²) in [5.74, 6) is -0.0714. The number of aryl methyl sites for hydroxylation is 1. The van der Waals surface area contributed by atoms with Gasteiger partial charge in [-0.3, -0.25) is 9.80 Å². The second-order valence-corrected chi connectivity index (χ2v) is 9.27. The van der Waals surface area contributed by atoms with E-state index in [4.69, 9.17) is 11.6 Å². The van der Waals surface area contributed by atoms with Gasteiger partial charge in [0.25, 0.3) is 0 Å². The van der Waals surface area contributed by atoms with E-state index in [0.717, 1.165) is 6.42 Å². The fraction of sp³-hybridized carbons (Fsp3) is 0.316. The molecule has 2 saturated heterocycles. The molecule has 26 heavy (non-hydrogen) atoms. The summed E-state index contributed by atoms with van der Waals surface area (Å²) in [6.45, 7) is 2.06. The third kappa shape index (κ3) is 2.77. The third-order valence-electron chi connectivity index (χ3n) is 5.10. The van der Waals surface area contributed by atoms with Crippen LogP contribution in [0, 0.1) is 0 Å². The van der Waals surface area contributed by atoms with Gasteiger partial charge < -0.3 is 0 Å². The molecular weight excluding hydrogens is 372 g/mol. The zero-order valence-electron chi connectivity index (χ0n) is 14.3. The number of amides is 2. The quantitative estimate of drug-likeness (QED) is 0.753. The first-order chi connectivity index (χ1) is 12.4. The van der Waals surface area contributed by atoms with Gasteiger partial charge in [-0.1, -0.05) is 42.8 Å².